The molecule has 0 saturated heterocycles. The summed E-state index contributed by atoms with van der Waals surface area (Å²) in [5, 5.41) is 0. The van der Waals surface area contributed by atoms with Crippen molar-refractivity contribution >= 4 is 5.97 Å². The number of hydrogen-bond acceptors (Lipinski definition) is 2. The molecule has 1 aliphatic rings. The van der Waals surface area contributed by atoms with E-state index < -0.39 is 0 Å². The summed E-state index contributed by atoms with van der Waals surface area (Å²) in [5.74, 6) is 0.865. The van der Waals surface area contributed by atoms with E-state index in [1.807, 2.05) is 13.0 Å². The van der Waals surface area contributed by atoms with Gasteiger partial charge in [0.25, 0.3) is 0 Å². The van der Waals surface area contributed by atoms with Crippen molar-refractivity contribution in [3.05, 3.63) is 24.8 Å². The predicted octanol–water partition coefficient (Wildman–Crippen LogP) is 4.37. The van der Waals surface area contributed by atoms with Gasteiger partial charge in [-0.05, 0) is 37.0 Å². The number of ether oxygens (including phenoxy) is 1. The first-order valence-electron chi connectivity index (χ1n) is 7.19. The molecule has 0 aromatic rings. The fraction of sp³-hybridized carbons (Fsp3) is 0.706. The van der Waals surface area contributed by atoms with Crippen molar-refractivity contribution in [1.29, 1.82) is 0 Å². The Bertz CT molecular complexity index is 369. The van der Waals surface area contributed by atoms with Gasteiger partial charge in [0.2, 0.25) is 0 Å². The van der Waals surface area contributed by atoms with Crippen LogP contribution in [0.5, 0.6) is 0 Å². The maximum Gasteiger partial charge on any atom is 0.302 e. The number of carbonyl (C=O) groups is 1. The fourth-order valence-electron chi connectivity index (χ4n) is 3.55. The summed E-state index contributed by atoms with van der Waals surface area (Å²) in [6.45, 7) is 18.3. The monoisotopic (exact) mass is 264 g/mol. The normalized spacial score (nSPS) is 34.9. The van der Waals surface area contributed by atoms with Crippen LogP contribution in [0, 0.1) is 23.2 Å². The molecule has 19 heavy (non-hydrogen) atoms. The van der Waals surface area contributed by atoms with Crippen LogP contribution in [-0.2, 0) is 9.53 Å². The molecule has 0 aromatic carbocycles. The molecule has 0 radical (unpaired) electrons. The highest BCUT2D eigenvalue weighted by Gasteiger charge is 2.47. The molecule has 2 nitrogen and oxygen atoms in total. The van der Waals surface area contributed by atoms with Crippen LogP contribution in [0.15, 0.2) is 24.8 Å². The molecule has 4 atom stereocenters. The molecule has 2 heteroatoms. The standard InChI is InChI=1S/C17H28O2/c1-8-17(7)10-9-14(11(2)3)16(19-13(6)18)15(17)12(4)5/h8,11,14-16H,1,4,9-10H2,2-3,5-7H3/t14-,15-,16+,17-/m0/s1. The second kappa shape index (κ2) is 5.94. The SMILES string of the molecule is C=C[C@@]1(C)CC[C@@H](C(C)C)[C@@H](OC(C)=O)[C@@H]1C(=C)C. The Balaban J connectivity index is 3.17. The van der Waals surface area contributed by atoms with Gasteiger partial charge in [-0.1, -0.05) is 39.0 Å². The maximum absolute atomic E-state index is 11.5. The minimum absolute atomic E-state index is 0.0304. The second-order valence-electron chi connectivity index (χ2n) is 6.55. The van der Waals surface area contributed by atoms with Gasteiger partial charge < -0.3 is 4.74 Å². The highest BCUT2D eigenvalue weighted by atomic mass is 16.5. The van der Waals surface area contributed by atoms with E-state index in [9.17, 15) is 4.79 Å². The number of rotatable bonds is 4. The van der Waals surface area contributed by atoms with Gasteiger partial charge in [0.05, 0.1) is 0 Å². The highest BCUT2D eigenvalue weighted by molar-refractivity contribution is 5.66. The zero-order chi connectivity index (χ0) is 14.8. The van der Waals surface area contributed by atoms with Crippen LogP contribution in [0.1, 0.15) is 47.5 Å². The molecule has 1 fully saturated rings. The Kier molecular flexibility index (Phi) is 5.00. The van der Waals surface area contributed by atoms with E-state index in [1.165, 1.54) is 6.92 Å². The molecule has 0 aliphatic heterocycles. The molecule has 108 valence electrons. The molecule has 0 heterocycles. The Morgan fingerprint density at radius 1 is 1.42 bits per heavy atom. The highest BCUT2D eigenvalue weighted by Crippen LogP contribution is 2.50. The fourth-order valence-corrected chi connectivity index (χ4v) is 3.55. The zero-order valence-electron chi connectivity index (χ0n) is 13.0. The van der Waals surface area contributed by atoms with E-state index in [2.05, 4.69) is 33.9 Å². The van der Waals surface area contributed by atoms with Gasteiger partial charge in [0.15, 0.2) is 0 Å². The van der Waals surface area contributed by atoms with E-state index in [0.717, 1.165) is 18.4 Å². The third-order valence-corrected chi connectivity index (χ3v) is 4.63. The van der Waals surface area contributed by atoms with E-state index in [0.29, 0.717) is 11.8 Å². The summed E-state index contributed by atoms with van der Waals surface area (Å²) >= 11 is 0. The van der Waals surface area contributed by atoms with Gasteiger partial charge in [0, 0.05) is 12.8 Å². The minimum Gasteiger partial charge on any atom is -0.462 e. The summed E-state index contributed by atoms with van der Waals surface area (Å²) in [4.78, 5) is 11.5. The molecule has 1 saturated carbocycles. The van der Waals surface area contributed by atoms with Crippen molar-refractivity contribution in [2.75, 3.05) is 0 Å². The average molecular weight is 264 g/mol. The smallest absolute Gasteiger partial charge is 0.302 e. The lowest BCUT2D eigenvalue weighted by molar-refractivity contribution is -0.159. The van der Waals surface area contributed by atoms with Gasteiger partial charge >= 0.3 is 5.97 Å². The van der Waals surface area contributed by atoms with Gasteiger partial charge in [-0.2, -0.15) is 0 Å². The van der Waals surface area contributed by atoms with Crippen LogP contribution in [0.25, 0.3) is 0 Å². The van der Waals surface area contributed by atoms with Gasteiger partial charge in [-0.15, -0.1) is 6.58 Å². The lowest BCUT2D eigenvalue weighted by Gasteiger charge is -2.49. The quantitative estimate of drug-likeness (QED) is 0.557. The second-order valence-corrected chi connectivity index (χ2v) is 6.55. The lowest BCUT2D eigenvalue weighted by atomic mass is 9.59. The Morgan fingerprint density at radius 2 is 2.00 bits per heavy atom. The summed E-state index contributed by atoms with van der Waals surface area (Å²) in [5.41, 5.74) is 1.05. The van der Waals surface area contributed by atoms with Crippen molar-refractivity contribution in [3.8, 4) is 0 Å². The molecule has 0 unspecified atom stereocenters. The lowest BCUT2D eigenvalue weighted by Crippen LogP contribution is -2.48. The van der Waals surface area contributed by atoms with Crippen LogP contribution in [0.2, 0.25) is 0 Å². The Hall–Kier alpha value is -1.05. The third-order valence-electron chi connectivity index (χ3n) is 4.63. The van der Waals surface area contributed by atoms with E-state index in [1.54, 1.807) is 0 Å². The first-order chi connectivity index (χ1) is 8.73. The number of carbonyl (C=O) groups excluding carboxylic acids is 1. The molecule has 0 amide bonds. The minimum atomic E-state index is -0.199. The molecule has 0 N–H and O–H groups in total. The molecule has 1 aliphatic carbocycles. The topological polar surface area (TPSA) is 26.3 Å². The first kappa shape index (κ1) is 16.0. The summed E-state index contributed by atoms with van der Waals surface area (Å²) in [6.07, 6.45) is 4.09. The molecular formula is C17H28O2. The average Bonchev–Trinajstić information content (AvgIpc) is 2.27. The molecule has 0 aromatic heterocycles. The Morgan fingerprint density at radius 3 is 2.37 bits per heavy atom. The Labute approximate surface area is 117 Å². The first-order valence-corrected chi connectivity index (χ1v) is 7.19. The van der Waals surface area contributed by atoms with Crippen molar-refractivity contribution in [1.82, 2.24) is 0 Å². The van der Waals surface area contributed by atoms with Crippen molar-refractivity contribution in [2.45, 2.75) is 53.6 Å². The molecule has 1 rings (SSSR count). The van der Waals surface area contributed by atoms with Crippen molar-refractivity contribution < 1.29 is 9.53 Å². The molecular weight excluding hydrogens is 236 g/mol. The van der Waals surface area contributed by atoms with Crippen LogP contribution in [0.4, 0.5) is 0 Å². The zero-order valence-corrected chi connectivity index (χ0v) is 13.0. The van der Waals surface area contributed by atoms with E-state index >= 15 is 0 Å². The van der Waals surface area contributed by atoms with Crippen molar-refractivity contribution in [3.63, 3.8) is 0 Å². The van der Waals surface area contributed by atoms with Gasteiger partial charge in [-0.3, -0.25) is 4.79 Å². The van der Waals surface area contributed by atoms with Crippen LogP contribution in [-0.4, -0.2) is 12.1 Å². The summed E-state index contributed by atoms with van der Waals surface area (Å²) in [6, 6.07) is 0. The van der Waals surface area contributed by atoms with Gasteiger partial charge in [0.1, 0.15) is 6.10 Å². The van der Waals surface area contributed by atoms with Crippen LogP contribution in [0.3, 0.4) is 0 Å². The number of hydrogen-bond donors (Lipinski definition) is 0. The molecule has 0 spiro atoms. The van der Waals surface area contributed by atoms with Crippen LogP contribution >= 0.6 is 0 Å². The summed E-state index contributed by atoms with van der Waals surface area (Å²) in [7, 11) is 0. The summed E-state index contributed by atoms with van der Waals surface area (Å²) < 4.78 is 5.69. The maximum atomic E-state index is 11.5. The number of allylic oxidation sites excluding steroid dienone is 1. The molecule has 0 bridgehead atoms. The van der Waals surface area contributed by atoms with E-state index in [4.69, 9.17) is 4.74 Å². The number of esters is 1. The third kappa shape index (κ3) is 3.29. The van der Waals surface area contributed by atoms with E-state index in [-0.39, 0.29) is 23.4 Å². The van der Waals surface area contributed by atoms with Crippen molar-refractivity contribution in [2.24, 2.45) is 23.2 Å². The van der Waals surface area contributed by atoms with Gasteiger partial charge in [-0.25, -0.2) is 0 Å². The predicted molar refractivity (Wildman–Crippen MR) is 79.7 cm³/mol. The van der Waals surface area contributed by atoms with Crippen LogP contribution < -0.4 is 0 Å². The largest absolute Gasteiger partial charge is 0.462 e.